The Morgan fingerprint density at radius 1 is 1.67 bits per heavy atom. The highest BCUT2D eigenvalue weighted by atomic mass is 32.2. The molecular formula is C9H13NOS. The summed E-state index contributed by atoms with van der Waals surface area (Å²) in [5, 5.41) is 3.92. The number of hydrogen-bond donors (Lipinski definition) is 1. The highest BCUT2D eigenvalue weighted by molar-refractivity contribution is 7.99. The molecule has 1 N–H and O–H groups in total. The van der Waals surface area contributed by atoms with Crippen LogP contribution in [0.1, 0.15) is 17.9 Å². The molecule has 0 radical (unpaired) electrons. The van der Waals surface area contributed by atoms with Crippen molar-refractivity contribution in [1.82, 2.24) is 5.32 Å². The predicted octanol–water partition coefficient (Wildman–Crippen LogP) is 2.25. The van der Waals surface area contributed by atoms with Crippen molar-refractivity contribution in [3.8, 4) is 0 Å². The van der Waals surface area contributed by atoms with Gasteiger partial charge in [-0.15, -0.1) is 11.8 Å². The van der Waals surface area contributed by atoms with Crippen molar-refractivity contribution in [2.24, 2.45) is 5.92 Å². The number of nitrogens with one attached hydrogen (secondary N) is 1. The number of thioether (sulfide) groups is 1. The monoisotopic (exact) mass is 183 g/mol. The highest BCUT2D eigenvalue weighted by Crippen LogP contribution is 2.31. The Morgan fingerprint density at radius 3 is 3.17 bits per heavy atom. The maximum atomic E-state index is 5.04. The average Bonchev–Trinajstić information content (AvgIpc) is 2.58. The average molecular weight is 183 g/mol. The molecule has 2 atom stereocenters. The largest absolute Gasteiger partial charge is 0.472 e. The molecule has 3 heteroatoms. The molecule has 1 fully saturated rings. The third-order valence-corrected chi connectivity index (χ3v) is 3.58. The van der Waals surface area contributed by atoms with Crippen LogP contribution in [0.2, 0.25) is 0 Å². The molecule has 2 heterocycles. The molecule has 0 bridgehead atoms. The van der Waals surface area contributed by atoms with Crippen LogP contribution in [0.25, 0.3) is 0 Å². The highest BCUT2D eigenvalue weighted by Gasteiger charge is 2.19. The van der Waals surface area contributed by atoms with Crippen molar-refractivity contribution in [3.63, 3.8) is 0 Å². The summed E-state index contributed by atoms with van der Waals surface area (Å²) in [7, 11) is 0. The molecule has 1 aromatic heterocycles. The second-order valence-corrected chi connectivity index (χ2v) is 4.42. The van der Waals surface area contributed by atoms with Gasteiger partial charge in [0.15, 0.2) is 0 Å². The lowest BCUT2D eigenvalue weighted by atomic mass is 10.2. The van der Waals surface area contributed by atoms with Gasteiger partial charge < -0.3 is 9.73 Å². The Balaban J connectivity index is 1.99. The minimum Gasteiger partial charge on any atom is -0.472 e. The molecule has 0 saturated carbocycles. The Kier molecular flexibility index (Phi) is 2.42. The fourth-order valence-electron chi connectivity index (χ4n) is 1.32. The summed E-state index contributed by atoms with van der Waals surface area (Å²) in [6.45, 7) is 3.38. The minimum atomic E-state index is 0.444. The van der Waals surface area contributed by atoms with Gasteiger partial charge in [0.1, 0.15) is 0 Å². The zero-order valence-electron chi connectivity index (χ0n) is 7.12. The zero-order chi connectivity index (χ0) is 8.39. The van der Waals surface area contributed by atoms with Crippen LogP contribution in [0, 0.1) is 5.92 Å². The fraction of sp³-hybridized carbons (Fsp3) is 0.556. The maximum absolute atomic E-state index is 5.04. The summed E-state index contributed by atoms with van der Waals surface area (Å²) in [5.74, 6) is 2.03. The smallest absolute Gasteiger partial charge is 0.0959 e. The molecule has 0 spiro atoms. The van der Waals surface area contributed by atoms with Crippen molar-refractivity contribution < 1.29 is 4.42 Å². The van der Waals surface area contributed by atoms with Crippen molar-refractivity contribution in [1.29, 1.82) is 0 Å². The molecule has 1 aliphatic rings. The molecule has 0 amide bonds. The Hall–Kier alpha value is -0.410. The van der Waals surface area contributed by atoms with Crippen LogP contribution < -0.4 is 5.32 Å². The number of rotatable bonds is 1. The lowest BCUT2D eigenvalue weighted by Gasteiger charge is -2.26. The van der Waals surface area contributed by atoms with Crippen LogP contribution >= 0.6 is 11.8 Å². The second kappa shape index (κ2) is 3.54. The van der Waals surface area contributed by atoms with E-state index < -0.39 is 0 Å². The molecule has 66 valence electrons. The summed E-state index contributed by atoms with van der Waals surface area (Å²) in [6.07, 6.45) is 3.55. The molecule has 1 aromatic rings. The molecular weight excluding hydrogens is 170 g/mol. The minimum absolute atomic E-state index is 0.444. The van der Waals surface area contributed by atoms with E-state index >= 15 is 0 Å². The van der Waals surface area contributed by atoms with E-state index in [4.69, 9.17) is 4.42 Å². The summed E-state index contributed by atoms with van der Waals surface area (Å²) in [4.78, 5) is 0. The molecule has 1 aliphatic heterocycles. The summed E-state index contributed by atoms with van der Waals surface area (Å²) in [6, 6.07) is 2.03. The van der Waals surface area contributed by atoms with Crippen LogP contribution in [0.3, 0.4) is 0 Å². The lowest BCUT2D eigenvalue weighted by Crippen LogP contribution is -2.30. The van der Waals surface area contributed by atoms with Crippen LogP contribution in [-0.2, 0) is 0 Å². The normalized spacial score (nSPS) is 30.4. The second-order valence-electron chi connectivity index (χ2n) is 3.28. The first kappa shape index (κ1) is 8.20. The number of hydrogen-bond acceptors (Lipinski definition) is 3. The van der Waals surface area contributed by atoms with E-state index in [1.807, 2.05) is 24.1 Å². The van der Waals surface area contributed by atoms with Crippen LogP contribution in [0.4, 0.5) is 0 Å². The standard InChI is InChI=1S/C9H13NOS/c1-7-4-10-9(12-6-7)8-2-3-11-5-8/h2-3,5,7,9-10H,4,6H2,1H3. The van der Waals surface area contributed by atoms with Crippen molar-refractivity contribution >= 4 is 11.8 Å². The molecule has 2 nitrogen and oxygen atoms in total. The van der Waals surface area contributed by atoms with Crippen LogP contribution in [0.15, 0.2) is 23.0 Å². The molecule has 0 aliphatic carbocycles. The van der Waals surface area contributed by atoms with Gasteiger partial charge in [0, 0.05) is 5.56 Å². The zero-order valence-corrected chi connectivity index (χ0v) is 7.93. The van der Waals surface area contributed by atoms with Gasteiger partial charge in [0.25, 0.3) is 0 Å². The first-order chi connectivity index (χ1) is 5.86. The Bertz CT molecular complexity index is 227. The summed E-state index contributed by atoms with van der Waals surface area (Å²) < 4.78 is 5.04. The molecule has 0 aromatic carbocycles. The van der Waals surface area contributed by atoms with E-state index in [1.54, 1.807) is 6.26 Å². The predicted molar refractivity (Wildman–Crippen MR) is 51.1 cm³/mol. The quantitative estimate of drug-likeness (QED) is 0.723. The van der Waals surface area contributed by atoms with E-state index in [9.17, 15) is 0 Å². The first-order valence-corrected chi connectivity index (χ1v) is 5.28. The van der Waals surface area contributed by atoms with Gasteiger partial charge in [0.05, 0.1) is 17.9 Å². The third-order valence-electron chi connectivity index (χ3n) is 2.05. The van der Waals surface area contributed by atoms with E-state index in [2.05, 4.69) is 12.2 Å². The van der Waals surface area contributed by atoms with Gasteiger partial charge >= 0.3 is 0 Å². The summed E-state index contributed by atoms with van der Waals surface area (Å²) in [5.41, 5.74) is 1.26. The van der Waals surface area contributed by atoms with Gasteiger partial charge in [-0.25, -0.2) is 0 Å². The molecule has 1 saturated heterocycles. The Morgan fingerprint density at radius 2 is 2.58 bits per heavy atom. The van der Waals surface area contributed by atoms with Gasteiger partial charge in [-0.05, 0) is 24.3 Å². The van der Waals surface area contributed by atoms with Crippen molar-refractivity contribution in [2.45, 2.75) is 12.3 Å². The van der Waals surface area contributed by atoms with Gasteiger partial charge in [0.2, 0.25) is 0 Å². The third kappa shape index (κ3) is 1.67. The van der Waals surface area contributed by atoms with Crippen LogP contribution in [-0.4, -0.2) is 12.3 Å². The van der Waals surface area contributed by atoms with Gasteiger partial charge in [-0.2, -0.15) is 0 Å². The Labute approximate surface area is 76.7 Å². The van der Waals surface area contributed by atoms with E-state index in [0.717, 1.165) is 12.5 Å². The molecule has 12 heavy (non-hydrogen) atoms. The number of furan rings is 1. The molecule has 2 rings (SSSR count). The topological polar surface area (TPSA) is 25.2 Å². The molecule has 2 unspecified atom stereocenters. The van der Waals surface area contributed by atoms with E-state index in [-0.39, 0.29) is 0 Å². The van der Waals surface area contributed by atoms with Crippen molar-refractivity contribution in [2.75, 3.05) is 12.3 Å². The van der Waals surface area contributed by atoms with Crippen molar-refractivity contribution in [3.05, 3.63) is 24.2 Å². The van der Waals surface area contributed by atoms with E-state index in [1.165, 1.54) is 11.3 Å². The summed E-state index contributed by atoms with van der Waals surface area (Å²) >= 11 is 1.96. The first-order valence-electron chi connectivity index (χ1n) is 4.23. The van der Waals surface area contributed by atoms with Crippen LogP contribution in [0.5, 0.6) is 0 Å². The SMILES string of the molecule is CC1CNC(c2ccoc2)SC1. The fourth-order valence-corrected chi connectivity index (χ4v) is 2.50. The van der Waals surface area contributed by atoms with E-state index in [0.29, 0.717) is 5.37 Å². The lowest BCUT2D eigenvalue weighted by molar-refractivity contribution is 0.521. The maximum Gasteiger partial charge on any atom is 0.0959 e. The van der Waals surface area contributed by atoms with Gasteiger partial charge in [-0.3, -0.25) is 0 Å². The van der Waals surface area contributed by atoms with Gasteiger partial charge in [-0.1, -0.05) is 6.92 Å².